The molecule has 3 aromatic rings. The topological polar surface area (TPSA) is 75.4 Å². The van der Waals surface area contributed by atoms with E-state index in [-0.39, 0.29) is 17.7 Å². The zero-order valence-electron chi connectivity index (χ0n) is 18.9. The first-order chi connectivity index (χ1) is 16.1. The zero-order chi connectivity index (χ0) is 23.0. The van der Waals surface area contributed by atoms with E-state index in [0.29, 0.717) is 12.1 Å². The monoisotopic (exact) mass is 441 g/mol. The first-order valence-corrected chi connectivity index (χ1v) is 11.6. The molecule has 0 radical (unpaired) electrons. The number of primary amides is 1. The molecule has 5 heteroatoms. The van der Waals surface area contributed by atoms with Gasteiger partial charge in [0.2, 0.25) is 5.91 Å². The van der Waals surface area contributed by atoms with Gasteiger partial charge in [0.1, 0.15) is 0 Å². The molecule has 3 aromatic carbocycles. The summed E-state index contributed by atoms with van der Waals surface area (Å²) in [5.74, 6) is -0.354. The Morgan fingerprint density at radius 1 is 0.879 bits per heavy atom. The van der Waals surface area contributed by atoms with Crippen LogP contribution in [0.1, 0.15) is 39.9 Å². The fourth-order valence-electron chi connectivity index (χ4n) is 4.47. The second-order valence-electron chi connectivity index (χ2n) is 8.77. The molecule has 1 aliphatic heterocycles. The van der Waals surface area contributed by atoms with Crippen LogP contribution in [0, 0.1) is 5.92 Å². The number of nitrogens with one attached hydrogen (secondary N) is 1. The highest BCUT2D eigenvalue weighted by Gasteiger charge is 2.23. The molecule has 0 spiro atoms. The van der Waals surface area contributed by atoms with Gasteiger partial charge in [-0.1, -0.05) is 60.7 Å². The smallest absolute Gasteiger partial charge is 0.255 e. The van der Waals surface area contributed by atoms with E-state index in [9.17, 15) is 9.59 Å². The number of benzene rings is 3. The number of nitrogens with zero attached hydrogens (tertiary/aromatic N) is 1. The molecule has 1 aliphatic rings. The van der Waals surface area contributed by atoms with Gasteiger partial charge in [0, 0.05) is 24.3 Å². The highest BCUT2D eigenvalue weighted by Crippen LogP contribution is 2.20. The van der Waals surface area contributed by atoms with Crippen molar-refractivity contribution in [1.82, 2.24) is 4.90 Å². The van der Waals surface area contributed by atoms with Gasteiger partial charge in [-0.3, -0.25) is 14.5 Å². The van der Waals surface area contributed by atoms with Crippen LogP contribution in [0.15, 0.2) is 78.9 Å². The predicted molar refractivity (Wildman–Crippen MR) is 132 cm³/mol. The number of hydrogen-bond donors (Lipinski definition) is 2. The van der Waals surface area contributed by atoms with Gasteiger partial charge >= 0.3 is 0 Å². The van der Waals surface area contributed by atoms with Crippen LogP contribution >= 0.6 is 0 Å². The van der Waals surface area contributed by atoms with Crippen molar-refractivity contribution in [2.75, 3.05) is 18.4 Å². The van der Waals surface area contributed by atoms with E-state index in [2.05, 4.69) is 22.3 Å². The third-order valence-electron chi connectivity index (χ3n) is 6.31. The number of anilines is 1. The van der Waals surface area contributed by atoms with Gasteiger partial charge in [-0.2, -0.15) is 0 Å². The molecule has 0 bridgehead atoms. The van der Waals surface area contributed by atoms with Gasteiger partial charge in [0.25, 0.3) is 5.91 Å². The molecule has 4 rings (SSSR count). The summed E-state index contributed by atoms with van der Waals surface area (Å²) in [4.78, 5) is 26.8. The molecule has 1 fully saturated rings. The summed E-state index contributed by atoms with van der Waals surface area (Å²) in [6.07, 6.45) is 3.58. The molecule has 2 amide bonds. The Labute approximate surface area is 195 Å². The van der Waals surface area contributed by atoms with Crippen molar-refractivity contribution in [3.63, 3.8) is 0 Å². The van der Waals surface area contributed by atoms with Crippen LogP contribution in [0.3, 0.4) is 0 Å². The van der Waals surface area contributed by atoms with E-state index in [4.69, 9.17) is 5.73 Å². The van der Waals surface area contributed by atoms with Crippen LogP contribution in [-0.4, -0.2) is 29.8 Å². The summed E-state index contributed by atoms with van der Waals surface area (Å²) >= 11 is 0. The molecule has 1 atom stereocenters. The van der Waals surface area contributed by atoms with Crippen LogP contribution in [-0.2, 0) is 24.2 Å². The highest BCUT2D eigenvalue weighted by molar-refractivity contribution is 6.05. The van der Waals surface area contributed by atoms with E-state index in [0.717, 1.165) is 55.6 Å². The van der Waals surface area contributed by atoms with E-state index in [1.807, 2.05) is 66.7 Å². The number of nitrogens with two attached hydrogens (primary N) is 1. The third kappa shape index (κ3) is 6.30. The van der Waals surface area contributed by atoms with Crippen LogP contribution < -0.4 is 11.1 Å². The molecule has 170 valence electrons. The van der Waals surface area contributed by atoms with E-state index < -0.39 is 0 Å². The fraction of sp³-hybridized carbons (Fsp3) is 0.286. The molecule has 1 heterocycles. The van der Waals surface area contributed by atoms with E-state index in [1.165, 1.54) is 5.56 Å². The van der Waals surface area contributed by atoms with Crippen LogP contribution in [0.2, 0.25) is 0 Å². The molecule has 0 aromatic heterocycles. The molecular formula is C28H31N3O2. The van der Waals surface area contributed by atoms with E-state index in [1.54, 1.807) is 0 Å². The standard InChI is InChI=1S/C28H31N3O2/c29-27(32)24-10-6-18-31(20-24)19-22-13-16-25(17-14-22)30-28(33)26-11-5-4-9-23(26)15-12-21-7-2-1-3-8-21/h1-5,7-9,11,13-14,16-17,24H,6,10,12,15,18-20H2,(H2,29,32)(H,30,33). The van der Waals surface area contributed by atoms with Gasteiger partial charge in [-0.25, -0.2) is 0 Å². The lowest BCUT2D eigenvalue weighted by Gasteiger charge is -2.31. The minimum absolute atomic E-state index is 0.0562. The first-order valence-electron chi connectivity index (χ1n) is 11.6. The van der Waals surface area contributed by atoms with Crippen molar-refractivity contribution < 1.29 is 9.59 Å². The number of rotatable bonds is 8. The van der Waals surface area contributed by atoms with Crippen LogP contribution in [0.25, 0.3) is 0 Å². The lowest BCUT2D eigenvalue weighted by molar-refractivity contribution is -0.123. The van der Waals surface area contributed by atoms with Gasteiger partial charge in [-0.05, 0) is 67.1 Å². The van der Waals surface area contributed by atoms with Gasteiger partial charge in [0.05, 0.1) is 5.92 Å². The summed E-state index contributed by atoms with van der Waals surface area (Å²) in [5.41, 5.74) is 10.4. The molecular weight excluding hydrogens is 410 g/mol. The number of aryl methyl sites for hydroxylation is 2. The first kappa shape index (κ1) is 22.7. The number of amides is 2. The Hall–Kier alpha value is -3.44. The number of likely N-dealkylation sites (tertiary alicyclic amines) is 1. The highest BCUT2D eigenvalue weighted by atomic mass is 16.2. The number of carbonyl (C=O) groups excluding carboxylic acids is 2. The fourth-order valence-corrected chi connectivity index (χ4v) is 4.47. The molecule has 1 unspecified atom stereocenters. The summed E-state index contributed by atoms with van der Waals surface area (Å²) in [5, 5.41) is 3.04. The van der Waals surface area contributed by atoms with Crippen molar-refractivity contribution in [3.05, 3.63) is 101 Å². The number of piperidine rings is 1. The average molecular weight is 442 g/mol. The molecule has 3 N–H and O–H groups in total. The molecule has 33 heavy (non-hydrogen) atoms. The van der Waals surface area contributed by atoms with Crippen molar-refractivity contribution in [1.29, 1.82) is 0 Å². The van der Waals surface area contributed by atoms with E-state index >= 15 is 0 Å². The largest absolute Gasteiger partial charge is 0.369 e. The van der Waals surface area contributed by atoms with Crippen LogP contribution in [0.5, 0.6) is 0 Å². The maximum absolute atomic E-state index is 13.0. The summed E-state index contributed by atoms with van der Waals surface area (Å²) < 4.78 is 0. The second kappa shape index (κ2) is 10.9. The van der Waals surface area contributed by atoms with Crippen molar-refractivity contribution in [2.24, 2.45) is 11.7 Å². The summed E-state index contributed by atoms with van der Waals surface area (Å²) in [7, 11) is 0. The summed E-state index contributed by atoms with van der Waals surface area (Å²) in [6, 6.07) is 26.1. The van der Waals surface area contributed by atoms with Crippen molar-refractivity contribution >= 4 is 17.5 Å². The summed E-state index contributed by atoms with van der Waals surface area (Å²) in [6.45, 7) is 2.47. The molecule has 1 saturated heterocycles. The van der Waals surface area contributed by atoms with Gasteiger partial charge in [-0.15, -0.1) is 0 Å². The quantitative estimate of drug-likeness (QED) is 0.543. The lowest BCUT2D eigenvalue weighted by Crippen LogP contribution is -2.40. The Balaban J connectivity index is 1.35. The molecule has 0 aliphatic carbocycles. The van der Waals surface area contributed by atoms with Gasteiger partial charge < -0.3 is 11.1 Å². The Morgan fingerprint density at radius 3 is 2.36 bits per heavy atom. The zero-order valence-corrected chi connectivity index (χ0v) is 18.9. The maximum atomic E-state index is 13.0. The maximum Gasteiger partial charge on any atom is 0.255 e. The molecule has 5 nitrogen and oxygen atoms in total. The van der Waals surface area contributed by atoms with Crippen molar-refractivity contribution in [3.8, 4) is 0 Å². The Bertz CT molecular complexity index is 1080. The van der Waals surface area contributed by atoms with Crippen LogP contribution in [0.4, 0.5) is 5.69 Å². The van der Waals surface area contributed by atoms with Crippen molar-refractivity contribution in [2.45, 2.75) is 32.2 Å². The minimum atomic E-state index is -0.207. The van der Waals surface area contributed by atoms with Gasteiger partial charge in [0.15, 0.2) is 0 Å². The average Bonchev–Trinajstić information content (AvgIpc) is 2.85. The minimum Gasteiger partial charge on any atom is -0.369 e. The number of carbonyl (C=O) groups is 2. The third-order valence-corrected chi connectivity index (χ3v) is 6.31. The molecule has 0 saturated carbocycles. The Kier molecular flexibility index (Phi) is 7.53. The normalized spacial score (nSPS) is 16.3. The Morgan fingerprint density at radius 2 is 1.61 bits per heavy atom. The second-order valence-corrected chi connectivity index (χ2v) is 8.77. The number of hydrogen-bond acceptors (Lipinski definition) is 3. The lowest BCUT2D eigenvalue weighted by atomic mass is 9.97. The SMILES string of the molecule is NC(=O)C1CCCN(Cc2ccc(NC(=O)c3ccccc3CCc3ccccc3)cc2)C1. The predicted octanol–water partition coefficient (Wildman–Crippen LogP) is 4.42.